The molecule has 0 spiro atoms. The normalized spacial score (nSPS) is 13.0. The smallest absolute Gasteiger partial charge is 0.246 e. The van der Waals surface area contributed by atoms with E-state index in [-0.39, 0.29) is 35.0 Å². The number of aryl methyl sites for hydroxylation is 1. The molecular weight excluding hydrogens is 558 g/mol. The van der Waals surface area contributed by atoms with Crippen molar-refractivity contribution in [1.82, 2.24) is 29.6 Å². The number of aromatic nitrogens is 5. The zero-order chi connectivity index (χ0) is 30.1. The van der Waals surface area contributed by atoms with E-state index in [0.29, 0.717) is 46.9 Å². The number of methoxy groups -OCH3 is 1. The molecule has 218 valence electrons. The monoisotopic (exact) mass is 584 g/mol. The van der Waals surface area contributed by atoms with E-state index in [1.165, 1.54) is 41.5 Å². The van der Waals surface area contributed by atoms with E-state index in [2.05, 4.69) is 37.3 Å². The van der Waals surface area contributed by atoms with Crippen LogP contribution in [0, 0.1) is 18.6 Å². The number of nitrogens with one attached hydrogen (secondary N) is 2. The fourth-order valence-corrected chi connectivity index (χ4v) is 4.60. The lowest BCUT2D eigenvalue weighted by atomic mass is 10.1. The van der Waals surface area contributed by atoms with Crippen LogP contribution in [0.15, 0.2) is 73.8 Å². The largest absolute Gasteiger partial charge is 0.495 e. The molecule has 1 aliphatic rings. The molecule has 2 aromatic carbocycles. The molecule has 4 heterocycles. The summed E-state index contributed by atoms with van der Waals surface area (Å²) < 4.78 is 41.8. The summed E-state index contributed by atoms with van der Waals surface area (Å²) in [5, 5.41) is 11.3. The molecule has 0 bridgehead atoms. The third-order valence-electron chi connectivity index (χ3n) is 6.94. The van der Waals surface area contributed by atoms with Crippen molar-refractivity contribution in [3.63, 3.8) is 0 Å². The average molecular weight is 585 g/mol. The maximum Gasteiger partial charge on any atom is 0.246 e. The van der Waals surface area contributed by atoms with Crippen molar-refractivity contribution in [2.75, 3.05) is 30.8 Å². The molecule has 11 nitrogen and oxygen atoms in total. The number of pyridine rings is 1. The quantitative estimate of drug-likeness (QED) is 0.227. The number of rotatable bonds is 9. The van der Waals surface area contributed by atoms with Crippen LogP contribution in [0.5, 0.6) is 17.4 Å². The first-order valence-electron chi connectivity index (χ1n) is 13.2. The van der Waals surface area contributed by atoms with Crippen LogP contribution in [-0.4, -0.2) is 61.8 Å². The standard InChI is InChI=1S/C30H26F2N8O3/c1-4-29(41)39-14-18(15-39)36-26-11-21-25(12-27(26)42-3)34-16-35-30(21)37-24-6-5-20(10-23(24)32)43-28-7-8-40(38-28)19-9-22(31)17(2)33-13-19/h4-13,16,18,36H,1,14-15H2,2-3H3,(H,34,35,37). The number of likely N-dealkylation sites (tertiary alicyclic amines) is 1. The summed E-state index contributed by atoms with van der Waals surface area (Å²) in [5.41, 5.74) is 2.16. The van der Waals surface area contributed by atoms with Crippen molar-refractivity contribution in [1.29, 1.82) is 0 Å². The summed E-state index contributed by atoms with van der Waals surface area (Å²) in [4.78, 5) is 26.1. The second-order valence-corrected chi connectivity index (χ2v) is 9.81. The lowest BCUT2D eigenvalue weighted by Gasteiger charge is -2.39. The second-order valence-electron chi connectivity index (χ2n) is 9.81. The van der Waals surface area contributed by atoms with Gasteiger partial charge in [-0.05, 0) is 31.2 Å². The number of hydrogen-bond acceptors (Lipinski definition) is 9. The molecule has 0 atom stereocenters. The lowest BCUT2D eigenvalue weighted by Crippen LogP contribution is -2.56. The highest BCUT2D eigenvalue weighted by atomic mass is 19.1. The van der Waals surface area contributed by atoms with Crippen LogP contribution in [0.1, 0.15) is 5.69 Å². The minimum Gasteiger partial charge on any atom is -0.495 e. The minimum absolute atomic E-state index is 0.0300. The number of carbonyl (C=O) groups excluding carboxylic acids is 1. The molecule has 0 unspecified atom stereocenters. The van der Waals surface area contributed by atoms with E-state index in [1.54, 1.807) is 43.3 Å². The van der Waals surface area contributed by atoms with E-state index < -0.39 is 11.6 Å². The molecule has 3 aromatic heterocycles. The fraction of sp³-hybridized carbons (Fsp3) is 0.167. The first-order valence-corrected chi connectivity index (χ1v) is 13.2. The van der Waals surface area contributed by atoms with Crippen molar-refractivity contribution in [3.05, 3.63) is 91.2 Å². The van der Waals surface area contributed by atoms with Gasteiger partial charge in [0.15, 0.2) is 0 Å². The maximum atomic E-state index is 15.2. The fourth-order valence-electron chi connectivity index (χ4n) is 4.60. The minimum atomic E-state index is -0.582. The summed E-state index contributed by atoms with van der Waals surface area (Å²) in [6, 6.07) is 10.9. The SMILES string of the molecule is C=CC(=O)N1CC(Nc2cc3c(Nc4ccc(Oc5ccn(-c6cnc(C)c(F)c6)n5)cc4F)ncnc3cc2OC)C1. The molecule has 2 N–H and O–H groups in total. The van der Waals surface area contributed by atoms with E-state index in [9.17, 15) is 9.18 Å². The van der Waals surface area contributed by atoms with Gasteiger partial charge in [-0.3, -0.25) is 9.78 Å². The third-order valence-corrected chi connectivity index (χ3v) is 6.94. The van der Waals surface area contributed by atoms with Crippen LogP contribution in [0.25, 0.3) is 16.6 Å². The van der Waals surface area contributed by atoms with Gasteiger partial charge in [-0.25, -0.2) is 23.4 Å². The van der Waals surface area contributed by atoms with Crippen LogP contribution in [-0.2, 0) is 4.79 Å². The van der Waals surface area contributed by atoms with E-state index in [0.717, 1.165) is 0 Å². The Kier molecular flexibility index (Phi) is 7.28. The van der Waals surface area contributed by atoms with Crippen molar-refractivity contribution in [3.8, 4) is 23.1 Å². The molecular formula is C30H26F2N8O3. The van der Waals surface area contributed by atoms with Crippen molar-refractivity contribution < 1.29 is 23.0 Å². The van der Waals surface area contributed by atoms with Gasteiger partial charge in [0.1, 0.15) is 35.3 Å². The highest BCUT2D eigenvalue weighted by Crippen LogP contribution is 2.35. The van der Waals surface area contributed by atoms with Gasteiger partial charge in [0, 0.05) is 48.9 Å². The van der Waals surface area contributed by atoms with E-state index >= 15 is 4.39 Å². The number of ether oxygens (including phenoxy) is 2. The lowest BCUT2D eigenvalue weighted by molar-refractivity contribution is -0.129. The Morgan fingerprint density at radius 2 is 1.91 bits per heavy atom. The Morgan fingerprint density at radius 3 is 2.65 bits per heavy atom. The predicted molar refractivity (Wildman–Crippen MR) is 156 cm³/mol. The number of amides is 1. The molecule has 43 heavy (non-hydrogen) atoms. The number of carbonyl (C=O) groups is 1. The molecule has 1 fully saturated rings. The highest BCUT2D eigenvalue weighted by Gasteiger charge is 2.30. The van der Waals surface area contributed by atoms with Gasteiger partial charge in [0.25, 0.3) is 0 Å². The molecule has 13 heteroatoms. The summed E-state index contributed by atoms with van der Waals surface area (Å²) in [7, 11) is 1.56. The van der Waals surface area contributed by atoms with Crippen molar-refractivity contribution >= 4 is 34.0 Å². The van der Waals surface area contributed by atoms with Gasteiger partial charge in [0.05, 0.1) is 47.6 Å². The number of nitrogens with zero attached hydrogens (tertiary/aromatic N) is 6. The van der Waals surface area contributed by atoms with Crippen LogP contribution in [0.4, 0.5) is 26.0 Å². The average Bonchev–Trinajstić information content (AvgIpc) is 3.45. The Morgan fingerprint density at radius 1 is 1.07 bits per heavy atom. The van der Waals surface area contributed by atoms with E-state index in [4.69, 9.17) is 9.47 Å². The van der Waals surface area contributed by atoms with Crippen molar-refractivity contribution in [2.45, 2.75) is 13.0 Å². The number of benzene rings is 2. The number of fused-ring (bicyclic) bond motifs is 1. The predicted octanol–water partition coefficient (Wildman–Crippen LogP) is 5.15. The van der Waals surface area contributed by atoms with Crippen LogP contribution in [0.2, 0.25) is 0 Å². The number of halogens is 2. The molecule has 0 saturated carbocycles. The number of hydrogen-bond donors (Lipinski definition) is 2. The molecule has 1 amide bonds. The number of anilines is 3. The highest BCUT2D eigenvalue weighted by molar-refractivity contribution is 5.95. The first-order chi connectivity index (χ1) is 20.8. The van der Waals surface area contributed by atoms with Crippen LogP contribution in [0.3, 0.4) is 0 Å². The van der Waals surface area contributed by atoms with Gasteiger partial charge >= 0.3 is 0 Å². The Balaban J connectivity index is 1.19. The maximum absolute atomic E-state index is 15.2. The summed E-state index contributed by atoms with van der Waals surface area (Å²) in [6.45, 7) is 6.16. The third kappa shape index (κ3) is 5.64. The first kappa shape index (κ1) is 27.6. The molecule has 0 radical (unpaired) electrons. The van der Waals surface area contributed by atoms with Gasteiger partial charge in [-0.1, -0.05) is 6.58 Å². The van der Waals surface area contributed by atoms with Gasteiger partial charge < -0.3 is 25.0 Å². The molecule has 6 rings (SSSR count). The Labute approximate surface area is 244 Å². The summed E-state index contributed by atoms with van der Waals surface area (Å²) >= 11 is 0. The Bertz CT molecular complexity index is 1860. The molecule has 0 aliphatic carbocycles. The van der Waals surface area contributed by atoms with Gasteiger partial charge in [-0.15, -0.1) is 5.10 Å². The summed E-state index contributed by atoms with van der Waals surface area (Å²) in [5.74, 6) is 0.225. The van der Waals surface area contributed by atoms with Crippen LogP contribution < -0.4 is 20.1 Å². The Hall–Kier alpha value is -5.59. The molecule has 1 aliphatic heterocycles. The zero-order valence-corrected chi connectivity index (χ0v) is 23.2. The van der Waals surface area contributed by atoms with Crippen molar-refractivity contribution in [2.24, 2.45) is 0 Å². The van der Waals surface area contributed by atoms with E-state index in [1.807, 2.05) is 6.07 Å². The topological polar surface area (TPSA) is 119 Å². The molecule has 5 aromatic rings. The van der Waals surface area contributed by atoms with Gasteiger partial charge in [-0.2, -0.15) is 0 Å². The zero-order valence-electron chi connectivity index (χ0n) is 23.2. The van der Waals surface area contributed by atoms with Crippen LogP contribution >= 0.6 is 0 Å². The summed E-state index contributed by atoms with van der Waals surface area (Å²) in [6.07, 6.45) is 5.76. The molecule has 1 saturated heterocycles. The van der Waals surface area contributed by atoms with Gasteiger partial charge in [0.2, 0.25) is 11.8 Å². The second kappa shape index (κ2) is 11.4.